The second-order valence-electron chi connectivity index (χ2n) is 5.08. The van der Waals surface area contributed by atoms with E-state index in [-0.39, 0.29) is 5.69 Å². The van der Waals surface area contributed by atoms with Crippen molar-refractivity contribution in [2.75, 3.05) is 31.6 Å². The van der Waals surface area contributed by atoms with E-state index in [1.165, 1.54) is 18.6 Å². The number of anilines is 1. The van der Waals surface area contributed by atoms with Crippen molar-refractivity contribution in [2.45, 2.75) is 12.8 Å². The molecule has 1 atom stereocenters. The van der Waals surface area contributed by atoms with Crippen LogP contribution in [0.25, 0.3) is 0 Å². The molecule has 2 rings (SSSR count). The fourth-order valence-electron chi connectivity index (χ4n) is 2.74. The number of hydrogen-bond acceptors (Lipinski definition) is 5. The fourth-order valence-corrected chi connectivity index (χ4v) is 2.74. The number of hydrogen-bond donors (Lipinski definition) is 1. The highest BCUT2D eigenvalue weighted by Gasteiger charge is 2.22. The van der Waals surface area contributed by atoms with E-state index in [0.29, 0.717) is 11.5 Å². The minimum Gasteiger partial charge on any atom is -0.370 e. The lowest BCUT2D eigenvalue weighted by atomic mass is 9.97. The number of rotatable bonds is 4. The summed E-state index contributed by atoms with van der Waals surface area (Å²) in [6.07, 6.45) is 2.25. The molecule has 1 heterocycles. The molecule has 6 nitrogen and oxygen atoms in total. The van der Waals surface area contributed by atoms with E-state index in [2.05, 4.69) is 16.3 Å². The molecule has 1 aliphatic heterocycles. The van der Waals surface area contributed by atoms with Crippen LogP contribution in [0.2, 0.25) is 0 Å². The third-order valence-corrected chi connectivity index (χ3v) is 3.66. The first-order chi connectivity index (χ1) is 9.65. The summed E-state index contributed by atoms with van der Waals surface area (Å²) in [5.41, 5.74) is 1.15. The summed E-state index contributed by atoms with van der Waals surface area (Å²) >= 11 is 0. The van der Waals surface area contributed by atoms with E-state index in [9.17, 15) is 15.4 Å². The highest BCUT2D eigenvalue weighted by molar-refractivity contribution is 5.63. The van der Waals surface area contributed by atoms with Crippen LogP contribution in [0.4, 0.5) is 11.4 Å². The predicted molar refractivity (Wildman–Crippen MR) is 76.7 cm³/mol. The van der Waals surface area contributed by atoms with Crippen LogP contribution in [0.3, 0.4) is 0 Å². The van der Waals surface area contributed by atoms with Crippen molar-refractivity contribution in [1.82, 2.24) is 5.32 Å². The van der Waals surface area contributed by atoms with Crippen molar-refractivity contribution in [3.63, 3.8) is 0 Å². The second kappa shape index (κ2) is 6.35. The van der Waals surface area contributed by atoms with Gasteiger partial charge < -0.3 is 10.2 Å². The first-order valence-electron chi connectivity index (χ1n) is 6.73. The number of piperidine rings is 1. The van der Waals surface area contributed by atoms with Gasteiger partial charge in [-0.1, -0.05) is 0 Å². The average Bonchev–Trinajstić information content (AvgIpc) is 2.47. The second-order valence-corrected chi connectivity index (χ2v) is 5.08. The normalized spacial score (nSPS) is 18.6. The molecule has 106 valence electrons. The Labute approximate surface area is 118 Å². The Balaban J connectivity index is 2.23. The Morgan fingerprint density at radius 1 is 1.60 bits per heavy atom. The maximum atomic E-state index is 10.8. The van der Waals surface area contributed by atoms with Crippen LogP contribution in [0.1, 0.15) is 18.4 Å². The van der Waals surface area contributed by atoms with Gasteiger partial charge in [-0.3, -0.25) is 10.1 Å². The molecule has 20 heavy (non-hydrogen) atoms. The molecule has 0 aromatic heterocycles. The SMILES string of the molecule is CNCC1CCCN(c2ccc([N+](=O)[O-])cc2C#N)C1. The Bertz CT molecular complexity index is 536. The Morgan fingerprint density at radius 3 is 3.05 bits per heavy atom. The standard InChI is InChI=1S/C14H18N4O2/c1-16-9-11-3-2-6-17(10-11)14-5-4-13(18(19)20)7-12(14)8-15/h4-5,7,11,16H,2-3,6,9-10H2,1H3. The molecule has 0 amide bonds. The first kappa shape index (κ1) is 14.3. The molecule has 6 heteroatoms. The first-order valence-corrected chi connectivity index (χ1v) is 6.73. The van der Waals surface area contributed by atoms with Gasteiger partial charge in [0.05, 0.1) is 16.2 Å². The maximum Gasteiger partial charge on any atom is 0.270 e. The van der Waals surface area contributed by atoms with Gasteiger partial charge in [-0.2, -0.15) is 5.26 Å². The molecular formula is C14H18N4O2. The molecule has 0 saturated carbocycles. The monoisotopic (exact) mass is 274 g/mol. The van der Waals surface area contributed by atoms with Gasteiger partial charge >= 0.3 is 0 Å². The summed E-state index contributed by atoms with van der Waals surface area (Å²) in [6.45, 7) is 2.73. The van der Waals surface area contributed by atoms with Gasteiger partial charge in [-0.15, -0.1) is 0 Å². The van der Waals surface area contributed by atoms with Crippen molar-refractivity contribution < 1.29 is 4.92 Å². The lowest BCUT2D eigenvalue weighted by molar-refractivity contribution is -0.384. The molecule has 0 radical (unpaired) electrons. The van der Waals surface area contributed by atoms with Crippen LogP contribution in [-0.2, 0) is 0 Å². The lowest BCUT2D eigenvalue weighted by Crippen LogP contribution is -2.39. The molecule has 1 aliphatic rings. The average molecular weight is 274 g/mol. The van der Waals surface area contributed by atoms with Crippen molar-refractivity contribution in [2.24, 2.45) is 5.92 Å². The third kappa shape index (κ3) is 3.06. The lowest BCUT2D eigenvalue weighted by Gasteiger charge is -2.34. The molecule has 0 spiro atoms. The molecule has 0 aliphatic carbocycles. The maximum absolute atomic E-state index is 10.8. The van der Waals surface area contributed by atoms with E-state index in [4.69, 9.17) is 0 Å². The number of nitro groups is 1. The van der Waals surface area contributed by atoms with Crippen LogP contribution in [0.5, 0.6) is 0 Å². The summed E-state index contributed by atoms with van der Waals surface area (Å²) in [5, 5.41) is 23.2. The Morgan fingerprint density at radius 2 is 2.40 bits per heavy atom. The summed E-state index contributed by atoms with van der Waals surface area (Å²) in [4.78, 5) is 12.5. The van der Waals surface area contributed by atoms with Crippen molar-refractivity contribution in [3.8, 4) is 6.07 Å². The van der Waals surface area contributed by atoms with Gasteiger partial charge in [0, 0.05) is 25.2 Å². The zero-order valence-electron chi connectivity index (χ0n) is 11.5. The molecule has 1 unspecified atom stereocenters. The van der Waals surface area contributed by atoms with Gasteiger partial charge in [-0.25, -0.2) is 0 Å². The predicted octanol–water partition coefficient (Wildman–Crippen LogP) is 1.90. The minimum absolute atomic E-state index is 0.0333. The van der Waals surface area contributed by atoms with Gasteiger partial charge in [0.2, 0.25) is 0 Å². The summed E-state index contributed by atoms with van der Waals surface area (Å²) < 4.78 is 0. The van der Waals surface area contributed by atoms with Crippen LogP contribution in [-0.4, -0.2) is 31.6 Å². The molecule has 1 N–H and O–H groups in total. The molecule has 0 bridgehead atoms. The number of nitrogens with zero attached hydrogens (tertiary/aromatic N) is 3. The number of nitrogens with one attached hydrogen (secondary N) is 1. The zero-order valence-corrected chi connectivity index (χ0v) is 11.5. The largest absolute Gasteiger partial charge is 0.370 e. The summed E-state index contributed by atoms with van der Waals surface area (Å²) in [7, 11) is 1.94. The van der Waals surface area contributed by atoms with Crippen LogP contribution >= 0.6 is 0 Å². The summed E-state index contributed by atoms with van der Waals surface area (Å²) in [5.74, 6) is 0.551. The van der Waals surface area contributed by atoms with Crippen molar-refractivity contribution in [3.05, 3.63) is 33.9 Å². The van der Waals surface area contributed by atoms with Crippen LogP contribution in [0.15, 0.2) is 18.2 Å². The fraction of sp³-hybridized carbons (Fsp3) is 0.500. The number of nitro benzene ring substituents is 1. The van der Waals surface area contributed by atoms with E-state index >= 15 is 0 Å². The molecule has 1 fully saturated rings. The molecule has 1 aromatic rings. The van der Waals surface area contributed by atoms with Gasteiger partial charge in [-0.05, 0) is 38.4 Å². The van der Waals surface area contributed by atoms with E-state index in [0.717, 1.165) is 31.7 Å². The third-order valence-electron chi connectivity index (χ3n) is 3.66. The highest BCUT2D eigenvalue weighted by Crippen LogP contribution is 2.28. The van der Waals surface area contributed by atoms with Crippen molar-refractivity contribution in [1.29, 1.82) is 5.26 Å². The van der Waals surface area contributed by atoms with E-state index < -0.39 is 4.92 Å². The van der Waals surface area contributed by atoms with E-state index in [1.54, 1.807) is 6.07 Å². The van der Waals surface area contributed by atoms with Gasteiger partial charge in [0.1, 0.15) is 6.07 Å². The van der Waals surface area contributed by atoms with Crippen molar-refractivity contribution >= 4 is 11.4 Å². The molecule has 1 aromatic carbocycles. The number of non-ortho nitro benzene ring substituents is 1. The topological polar surface area (TPSA) is 82.2 Å². The molecular weight excluding hydrogens is 256 g/mol. The summed E-state index contributed by atoms with van der Waals surface area (Å²) in [6, 6.07) is 6.59. The zero-order chi connectivity index (χ0) is 14.5. The van der Waals surface area contributed by atoms with Crippen LogP contribution in [0, 0.1) is 27.4 Å². The number of nitriles is 1. The van der Waals surface area contributed by atoms with E-state index in [1.807, 2.05) is 7.05 Å². The molecule has 1 saturated heterocycles. The van der Waals surface area contributed by atoms with Crippen LogP contribution < -0.4 is 10.2 Å². The quantitative estimate of drug-likeness (QED) is 0.670. The van der Waals surface area contributed by atoms with Gasteiger partial charge in [0.15, 0.2) is 0 Å². The number of benzene rings is 1. The van der Waals surface area contributed by atoms with Gasteiger partial charge in [0.25, 0.3) is 5.69 Å². The Hall–Kier alpha value is -2.13. The smallest absolute Gasteiger partial charge is 0.270 e. The minimum atomic E-state index is -0.468. The highest BCUT2D eigenvalue weighted by atomic mass is 16.6. The Kier molecular flexibility index (Phi) is 4.53.